The van der Waals surface area contributed by atoms with Gasteiger partial charge in [0.25, 0.3) is 0 Å². The Bertz CT molecular complexity index is 868. The Morgan fingerprint density at radius 1 is 1.23 bits per heavy atom. The maximum atomic E-state index is 13.0. The van der Waals surface area contributed by atoms with E-state index < -0.39 is 12.1 Å². The number of piperazine rings is 1. The molecule has 2 rings (SSSR count). The maximum Gasteiger partial charge on any atom is 0.241 e. The molecule has 0 aromatic heterocycles. The lowest BCUT2D eigenvalue weighted by atomic mass is 9.88. The van der Waals surface area contributed by atoms with Gasteiger partial charge in [0.2, 0.25) is 11.8 Å². The predicted octanol–water partition coefficient (Wildman–Crippen LogP) is 3.67. The lowest BCUT2D eigenvalue weighted by Crippen LogP contribution is -2.64. The van der Waals surface area contributed by atoms with Gasteiger partial charge in [-0.1, -0.05) is 58.4 Å². The number of anilines is 1. The fourth-order valence-corrected chi connectivity index (χ4v) is 4.70. The van der Waals surface area contributed by atoms with Crippen LogP contribution < -0.4 is 16.0 Å². The van der Waals surface area contributed by atoms with Crippen molar-refractivity contribution in [3.8, 4) is 0 Å². The summed E-state index contributed by atoms with van der Waals surface area (Å²) in [5.74, 6) is -0.0922. The molecule has 0 spiro atoms. The summed E-state index contributed by atoms with van der Waals surface area (Å²) in [4.78, 5) is 29.6. The third-order valence-corrected chi connectivity index (χ3v) is 6.86. The summed E-state index contributed by atoms with van der Waals surface area (Å²) in [7, 11) is 0. The molecule has 2 amide bonds. The van der Waals surface area contributed by atoms with Crippen molar-refractivity contribution in [3.05, 3.63) is 29.3 Å². The fraction of sp³-hybridized carbons (Fsp3) is 0.704. The van der Waals surface area contributed by atoms with E-state index in [0.717, 1.165) is 0 Å². The Morgan fingerprint density at radius 2 is 1.86 bits per heavy atom. The Labute approximate surface area is 216 Å². The molecule has 1 fully saturated rings. The van der Waals surface area contributed by atoms with Gasteiger partial charge in [-0.25, -0.2) is 0 Å². The standard InChI is InChI=1S/C27H45ClN4O3/c1-18(2)12-19(25(35)30-16-26(3,4)5)13-23(33)21(29)14-31-15-24(34)32(17-27(31,6)7)22-11-9-8-10-20(22)28/h8-11,18-19,21,23,33H,12-17,29H2,1-7H3,(H,30,35)/t19-,21+,23+/m1/s1. The second-order valence-corrected chi connectivity index (χ2v) is 12.6. The monoisotopic (exact) mass is 508 g/mol. The van der Waals surface area contributed by atoms with Crippen LogP contribution in [-0.4, -0.2) is 65.7 Å². The van der Waals surface area contributed by atoms with Crippen LogP contribution in [0.5, 0.6) is 0 Å². The number of nitrogens with zero attached hydrogens (tertiary/aromatic N) is 2. The Balaban J connectivity index is 2.04. The Kier molecular flexibility index (Phi) is 10.2. The lowest BCUT2D eigenvalue weighted by Gasteiger charge is -2.47. The van der Waals surface area contributed by atoms with Crippen molar-refractivity contribution >= 4 is 29.1 Å². The molecule has 1 heterocycles. The average Bonchev–Trinajstić information content (AvgIpc) is 2.73. The van der Waals surface area contributed by atoms with Gasteiger partial charge in [0, 0.05) is 37.1 Å². The minimum Gasteiger partial charge on any atom is -0.391 e. The van der Waals surface area contributed by atoms with Crippen molar-refractivity contribution in [2.75, 3.05) is 31.1 Å². The number of carbonyl (C=O) groups is 2. The summed E-state index contributed by atoms with van der Waals surface area (Å²) >= 11 is 6.34. The van der Waals surface area contributed by atoms with Gasteiger partial charge in [0.1, 0.15) is 0 Å². The van der Waals surface area contributed by atoms with Gasteiger partial charge in [-0.3, -0.25) is 14.5 Å². The third kappa shape index (κ3) is 8.74. The van der Waals surface area contributed by atoms with Crippen molar-refractivity contribution in [3.63, 3.8) is 0 Å². The molecule has 0 unspecified atom stereocenters. The highest BCUT2D eigenvalue weighted by Crippen LogP contribution is 2.31. The summed E-state index contributed by atoms with van der Waals surface area (Å²) in [6, 6.07) is 6.75. The van der Waals surface area contributed by atoms with E-state index in [4.69, 9.17) is 17.3 Å². The van der Waals surface area contributed by atoms with Gasteiger partial charge in [-0.05, 0) is 50.2 Å². The third-order valence-electron chi connectivity index (χ3n) is 6.54. The Hall–Kier alpha value is -1.67. The maximum absolute atomic E-state index is 13.0. The van der Waals surface area contributed by atoms with Crippen LogP contribution in [0.2, 0.25) is 5.02 Å². The van der Waals surface area contributed by atoms with Gasteiger partial charge in [0.05, 0.1) is 23.4 Å². The number of benzene rings is 1. The molecule has 3 atom stereocenters. The molecule has 1 aromatic carbocycles. The van der Waals surface area contributed by atoms with E-state index in [1.54, 1.807) is 11.0 Å². The molecule has 0 saturated carbocycles. The van der Waals surface area contributed by atoms with Gasteiger partial charge in [0.15, 0.2) is 0 Å². The zero-order valence-electron chi connectivity index (χ0n) is 22.5. The zero-order valence-corrected chi connectivity index (χ0v) is 23.2. The average molecular weight is 509 g/mol. The van der Waals surface area contributed by atoms with Gasteiger partial charge < -0.3 is 21.1 Å². The van der Waals surface area contributed by atoms with Gasteiger partial charge in [-0.15, -0.1) is 0 Å². The van der Waals surface area contributed by atoms with Crippen LogP contribution in [0.25, 0.3) is 0 Å². The van der Waals surface area contributed by atoms with Crippen LogP contribution in [0, 0.1) is 17.3 Å². The van der Waals surface area contributed by atoms with Crippen LogP contribution >= 0.6 is 11.6 Å². The number of para-hydroxylation sites is 1. The van der Waals surface area contributed by atoms with E-state index in [1.165, 1.54) is 0 Å². The number of hydrogen-bond donors (Lipinski definition) is 3. The van der Waals surface area contributed by atoms with Crippen molar-refractivity contribution in [1.29, 1.82) is 0 Å². The van der Waals surface area contributed by atoms with E-state index >= 15 is 0 Å². The normalized spacial score (nSPS) is 19.5. The zero-order chi connectivity index (χ0) is 26.6. The largest absolute Gasteiger partial charge is 0.391 e. The van der Waals surface area contributed by atoms with Crippen molar-refractivity contribution < 1.29 is 14.7 Å². The second-order valence-electron chi connectivity index (χ2n) is 12.2. The minimum atomic E-state index is -0.855. The number of aliphatic hydroxyl groups excluding tert-OH is 1. The number of carbonyl (C=O) groups excluding carboxylic acids is 2. The molecule has 7 nitrogen and oxygen atoms in total. The molecule has 1 saturated heterocycles. The van der Waals surface area contributed by atoms with Crippen LogP contribution in [0.3, 0.4) is 0 Å². The lowest BCUT2D eigenvalue weighted by molar-refractivity contribution is -0.127. The molecule has 8 heteroatoms. The predicted molar refractivity (Wildman–Crippen MR) is 143 cm³/mol. The number of nitrogens with one attached hydrogen (secondary N) is 1. The SMILES string of the molecule is CC(C)C[C@H](C[C@H](O)[C@@H](N)CN1CC(=O)N(c2ccccc2Cl)CC1(C)C)C(=O)NCC(C)(C)C. The summed E-state index contributed by atoms with van der Waals surface area (Å²) < 4.78 is 0. The molecule has 198 valence electrons. The fourth-order valence-electron chi connectivity index (χ4n) is 4.46. The van der Waals surface area contributed by atoms with Crippen LogP contribution in [0.4, 0.5) is 5.69 Å². The number of nitrogens with two attached hydrogens (primary N) is 1. The first-order valence-electron chi connectivity index (χ1n) is 12.6. The van der Waals surface area contributed by atoms with E-state index in [2.05, 4.69) is 53.8 Å². The molecule has 4 N–H and O–H groups in total. The molecule has 0 bridgehead atoms. The number of rotatable bonds is 10. The van der Waals surface area contributed by atoms with Crippen LogP contribution in [0.15, 0.2) is 24.3 Å². The summed E-state index contributed by atoms with van der Waals surface area (Å²) in [6.07, 6.45) is 0.121. The molecular weight excluding hydrogens is 464 g/mol. The first kappa shape index (κ1) is 29.6. The van der Waals surface area contributed by atoms with E-state index in [-0.39, 0.29) is 35.2 Å². The number of aliphatic hydroxyl groups is 1. The van der Waals surface area contributed by atoms with Crippen LogP contribution in [0.1, 0.15) is 61.3 Å². The molecule has 0 aliphatic carbocycles. The number of hydrogen-bond acceptors (Lipinski definition) is 5. The molecule has 1 aromatic rings. The highest BCUT2D eigenvalue weighted by molar-refractivity contribution is 6.33. The smallest absolute Gasteiger partial charge is 0.241 e. The van der Waals surface area contributed by atoms with Crippen LogP contribution in [-0.2, 0) is 9.59 Å². The molecular formula is C27H45ClN4O3. The summed E-state index contributed by atoms with van der Waals surface area (Å²) in [6.45, 7) is 16.1. The summed E-state index contributed by atoms with van der Waals surface area (Å²) in [5.41, 5.74) is 6.75. The highest BCUT2D eigenvalue weighted by Gasteiger charge is 2.40. The minimum absolute atomic E-state index is 0.0166. The molecule has 1 aliphatic heterocycles. The van der Waals surface area contributed by atoms with Gasteiger partial charge >= 0.3 is 0 Å². The highest BCUT2D eigenvalue weighted by atomic mass is 35.5. The number of amides is 2. The first-order chi connectivity index (χ1) is 16.1. The van der Waals surface area contributed by atoms with Gasteiger partial charge in [-0.2, -0.15) is 0 Å². The molecule has 1 aliphatic rings. The first-order valence-corrected chi connectivity index (χ1v) is 13.0. The van der Waals surface area contributed by atoms with Crippen molar-refractivity contribution in [1.82, 2.24) is 10.2 Å². The molecule has 35 heavy (non-hydrogen) atoms. The number of halogens is 1. The van der Waals surface area contributed by atoms with Crippen molar-refractivity contribution in [2.24, 2.45) is 23.0 Å². The summed E-state index contributed by atoms with van der Waals surface area (Å²) in [5, 5.41) is 14.5. The van der Waals surface area contributed by atoms with E-state index in [9.17, 15) is 14.7 Å². The molecule has 0 radical (unpaired) electrons. The quantitative estimate of drug-likeness (QED) is 0.448. The Morgan fingerprint density at radius 3 is 2.43 bits per heavy atom. The second kappa shape index (κ2) is 12.0. The van der Waals surface area contributed by atoms with E-state index in [1.807, 2.05) is 23.1 Å². The van der Waals surface area contributed by atoms with E-state index in [0.29, 0.717) is 49.1 Å². The van der Waals surface area contributed by atoms with Crippen molar-refractivity contribution in [2.45, 2.75) is 79.0 Å². The topological polar surface area (TPSA) is 98.9 Å².